The molecule has 0 aromatic rings. The van der Waals surface area contributed by atoms with Crippen LogP contribution in [0.15, 0.2) is 12.2 Å². The Balaban J connectivity index is 1.96. The van der Waals surface area contributed by atoms with Crippen molar-refractivity contribution in [3.63, 3.8) is 0 Å². The predicted octanol–water partition coefficient (Wildman–Crippen LogP) is 2.26. The van der Waals surface area contributed by atoms with Crippen LogP contribution in [-0.2, 0) is 4.74 Å². The van der Waals surface area contributed by atoms with Gasteiger partial charge in [-0.2, -0.15) is 0 Å². The van der Waals surface area contributed by atoms with Crippen molar-refractivity contribution in [2.24, 2.45) is 5.92 Å². The minimum Gasteiger partial charge on any atom is -0.450 e. The SMILES string of the molecule is C=C(C)C1CCC(C)(O)C(N2CCN(C(=O)OCC)CC2)C1. The first-order valence-corrected chi connectivity index (χ1v) is 8.38. The third-order valence-electron chi connectivity index (χ3n) is 5.20. The second kappa shape index (κ2) is 7.01. The Kier molecular flexibility index (Phi) is 5.50. The van der Waals surface area contributed by atoms with Crippen molar-refractivity contribution < 1.29 is 14.6 Å². The number of aliphatic hydroxyl groups is 1. The van der Waals surface area contributed by atoms with Crippen molar-refractivity contribution in [3.05, 3.63) is 12.2 Å². The molecule has 1 saturated heterocycles. The second-order valence-electron chi connectivity index (χ2n) is 6.91. The lowest BCUT2D eigenvalue weighted by Gasteiger charge is -2.49. The molecule has 1 heterocycles. The molecule has 5 heteroatoms. The van der Waals surface area contributed by atoms with Gasteiger partial charge >= 0.3 is 6.09 Å². The number of ether oxygens (including phenoxy) is 1. The first-order chi connectivity index (χ1) is 10.3. The van der Waals surface area contributed by atoms with Crippen LogP contribution >= 0.6 is 0 Å². The highest BCUT2D eigenvalue weighted by atomic mass is 16.6. The third-order valence-corrected chi connectivity index (χ3v) is 5.20. The zero-order valence-electron chi connectivity index (χ0n) is 14.2. The number of nitrogens with zero attached hydrogens (tertiary/aromatic N) is 2. The number of piperazine rings is 1. The standard InChI is InChI=1S/C17H30N2O3/c1-5-22-16(20)19-10-8-18(9-11-19)15-12-14(13(2)3)6-7-17(15,4)21/h14-15,21H,2,5-12H2,1,3-4H3. The lowest BCUT2D eigenvalue weighted by Crippen LogP contribution is -2.60. The van der Waals surface area contributed by atoms with Crippen molar-refractivity contribution in [1.29, 1.82) is 0 Å². The fourth-order valence-electron chi connectivity index (χ4n) is 3.70. The van der Waals surface area contributed by atoms with Crippen molar-refractivity contribution >= 4 is 6.09 Å². The van der Waals surface area contributed by atoms with Crippen molar-refractivity contribution in [3.8, 4) is 0 Å². The van der Waals surface area contributed by atoms with Crippen LogP contribution in [0.3, 0.4) is 0 Å². The molecule has 1 aliphatic heterocycles. The molecule has 126 valence electrons. The summed E-state index contributed by atoms with van der Waals surface area (Å²) in [7, 11) is 0. The molecule has 5 nitrogen and oxygen atoms in total. The summed E-state index contributed by atoms with van der Waals surface area (Å²) in [6.07, 6.45) is 2.56. The molecule has 0 spiro atoms. The van der Waals surface area contributed by atoms with Gasteiger partial charge in [-0.15, -0.1) is 0 Å². The Labute approximate surface area is 133 Å². The van der Waals surface area contributed by atoms with Crippen LogP contribution < -0.4 is 0 Å². The minimum absolute atomic E-state index is 0.146. The van der Waals surface area contributed by atoms with Crippen LogP contribution in [0, 0.1) is 5.92 Å². The van der Waals surface area contributed by atoms with Crippen LogP contribution in [0.1, 0.15) is 40.0 Å². The van der Waals surface area contributed by atoms with E-state index in [1.165, 1.54) is 5.57 Å². The topological polar surface area (TPSA) is 53.0 Å². The number of amides is 1. The Bertz CT molecular complexity index is 414. The van der Waals surface area contributed by atoms with E-state index in [2.05, 4.69) is 18.4 Å². The number of rotatable bonds is 3. The molecule has 1 amide bonds. The zero-order chi connectivity index (χ0) is 16.3. The van der Waals surface area contributed by atoms with Crippen LogP contribution in [0.4, 0.5) is 4.79 Å². The van der Waals surface area contributed by atoms with Gasteiger partial charge in [0.25, 0.3) is 0 Å². The fourth-order valence-corrected chi connectivity index (χ4v) is 3.70. The number of carbonyl (C=O) groups is 1. The minimum atomic E-state index is -0.655. The van der Waals surface area contributed by atoms with Gasteiger partial charge in [0, 0.05) is 32.2 Å². The lowest BCUT2D eigenvalue weighted by atomic mass is 9.73. The molecule has 2 fully saturated rings. The van der Waals surface area contributed by atoms with Crippen molar-refractivity contribution in [1.82, 2.24) is 9.80 Å². The van der Waals surface area contributed by atoms with E-state index in [1.807, 2.05) is 13.8 Å². The van der Waals surface area contributed by atoms with Gasteiger partial charge < -0.3 is 14.7 Å². The van der Waals surface area contributed by atoms with Gasteiger partial charge in [0.05, 0.1) is 12.2 Å². The molecule has 0 aromatic carbocycles. The van der Waals surface area contributed by atoms with Crippen LogP contribution in [0.2, 0.25) is 0 Å². The van der Waals surface area contributed by atoms with Gasteiger partial charge in [0.2, 0.25) is 0 Å². The number of allylic oxidation sites excluding steroid dienone is 1. The van der Waals surface area contributed by atoms with Crippen LogP contribution in [-0.4, -0.2) is 65.4 Å². The van der Waals surface area contributed by atoms with Gasteiger partial charge in [0.15, 0.2) is 0 Å². The molecule has 2 rings (SSSR count). The van der Waals surface area contributed by atoms with Gasteiger partial charge in [-0.05, 0) is 46.0 Å². The lowest BCUT2D eigenvalue weighted by molar-refractivity contribution is -0.0786. The summed E-state index contributed by atoms with van der Waals surface area (Å²) >= 11 is 0. The maximum Gasteiger partial charge on any atom is 0.409 e. The third kappa shape index (κ3) is 3.82. The largest absolute Gasteiger partial charge is 0.450 e. The highest BCUT2D eigenvalue weighted by Crippen LogP contribution is 2.38. The summed E-state index contributed by atoms with van der Waals surface area (Å²) in [5, 5.41) is 10.8. The van der Waals surface area contributed by atoms with Gasteiger partial charge in [-0.25, -0.2) is 4.79 Å². The van der Waals surface area contributed by atoms with Gasteiger partial charge in [-0.3, -0.25) is 4.90 Å². The molecule has 22 heavy (non-hydrogen) atoms. The molecule has 2 aliphatic rings. The van der Waals surface area contributed by atoms with Crippen molar-refractivity contribution in [2.75, 3.05) is 32.8 Å². The Hall–Kier alpha value is -1.07. The van der Waals surface area contributed by atoms with E-state index in [1.54, 1.807) is 4.90 Å². The van der Waals surface area contributed by atoms with Crippen LogP contribution in [0.5, 0.6) is 0 Å². The summed E-state index contributed by atoms with van der Waals surface area (Å²) in [6, 6.07) is 0.146. The molecule has 3 unspecified atom stereocenters. The monoisotopic (exact) mass is 310 g/mol. The van der Waals surface area contributed by atoms with Gasteiger partial charge in [0.1, 0.15) is 0 Å². The molecule has 1 N–H and O–H groups in total. The molecular formula is C17H30N2O3. The first-order valence-electron chi connectivity index (χ1n) is 8.38. The van der Waals surface area contributed by atoms with E-state index in [0.717, 1.165) is 32.4 Å². The highest BCUT2D eigenvalue weighted by Gasteiger charge is 2.42. The Morgan fingerprint density at radius 1 is 1.36 bits per heavy atom. The summed E-state index contributed by atoms with van der Waals surface area (Å²) in [5.41, 5.74) is 0.559. The normalized spacial score (nSPS) is 33.5. The molecule has 1 aliphatic carbocycles. The van der Waals surface area contributed by atoms with E-state index in [4.69, 9.17) is 4.74 Å². The Morgan fingerprint density at radius 3 is 2.55 bits per heavy atom. The highest BCUT2D eigenvalue weighted by molar-refractivity contribution is 5.67. The summed E-state index contributed by atoms with van der Waals surface area (Å²) in [6.45, 7) is 13.3. The predicted molar refractivity (Wildman–Crippen MR) is 86.7 cm³/mol. The number of hydrogen-bond donors (Lipinski definition) is 1. The van der Waals surface area contributed by atoms with Crippen molar-refractivity contribution in [2.45, 2.75) is 51.7 Å². The molecular weight excluding hydrogens is 280 g/mol. The van der Waals surface area contributed by atoms with E-state index in [-0.39, 0.29) is 12.1 Å². The maximum absolute atomic E-state index is 11.8. The first kappa shape index (κ1) is 17.3. The Morgan fingerprint density at radius 2 is 2.00 bits per heavy atom. The fraction of sp³-hybridized carbons (Fsp3) is 0.824. The zero-order valence-corrected chi connectivity index (χ0v) is 14.2. The molecule has 3 atom stereocenters. The number of hydrogen-bond acceptors (Lipinski definition) is 4. The van der Waals surface area contributed by atoms with E-state index in [0.29, 0.717) is 25.6 Å². The summed E-state index contributed by atoms with van der Waals surface area (Å²) < 4.78 is 5.06. The van der Waals surface area contributed by atoms with E-state index in [9.17, 15) is 9.90 Å². The van der Waals surface area contributed by atoms with E-state index < -0.39 is 5.60 Å². The van der Waals surface area contributed by atoms with Crippen LogP contribution in [0.25, 0.3) is 0 Å². The molecule has 1 saturated carbocycles. The average Bonchev–Trinajstić information content (AvgIpc) is 2.47. The average molecular weight is 310 g/mol. The molecule has 0 bridgehead atoms. The number of carbonyl (C=O) groups excluding carboxylic acids is 1. The van der Waals surface area contributed by atoms with E-state index >= 15 is 0 Å². The maximum atomic E-state index is 11.8. The second-order valence-corrected chi connectivity index (χ2v) is 6.91. The quantitative estimate of drug-likeness (QED) is 0.812. The smallest absolute Gasteiger partial charge is 0.409 e. The molecule has 0 aromatic heterocycles. The summed E-state index contributed by atoms with van der Waals surface area (Å²) in [5.74, 6) is 0.494. The van der Waals surface area contributed by atoms with Gasteiger partial charge in [-0.1, -0.05) is 12.2 Å². The summed E-state index contributed by atoms with van der Waals surface area (Å²) in [4.78, 5) is 15.9. The molecule has 0 radical (unpaired) electrons.